The Labute approximate surface area is 181 Å². The summed E-state index contributed by atoms with van der Waals surface area (Å²) in [6.45, 7) is 4.84. The molecule has 0 aliphatic carbocycles. The van der Waals surface area contributed by atoms with Crippen LogP contribution in [0.25, 0.3) is 0 Å². The summed E-state index contributed by atoms with van der Waals surface area (Å²) in [5.74, 6) is -1.89. The minimum atomic E-state index is -0.556. The maximum Gasteiger partial charge on any atom is 0.266 e. The highest BCUT2D eigenvalue weighted by Gasteiger charge is 2.37. The summed E-state index contributed by atoms with van der Waals surface area (Å²) in [6, 6.07) is 10.4. The van der Waals surface area contributed by atoms with E-state index in [9.17, 15) is 18.8 Å². The number of amides is 3. The molecule has 1 atom stereocenters. The number of rotatable bonds is 6. The summed E-state index contributed by atoms with van der Waals surface area (Å²) in [4.78, 5) is 41.4. The van der Waals surface area contributed by atoms with Crippen LogP contribution in [0.4, 0.5) is 10.1 Å². The van der Waals surface area contributed by atoms with Gasteiger partial charge in [-0.2, -0.15) is 0 Å². The second-order valence-corrected chi connectivity index (χ2v) is 8.18. The van der Waals surface area contributed by atoms with Crippen molar-refractivity contribution in [3.05, 3.63) is 65.0 Å². The Kier molecular flexibility index (Phi) is 6.13. The van der Waals surface area contributed by atoms with Gasteiger partial charge in [-0.25, -0.2) is 9.29 Å². The van der Waals surface area contributed by atoms with Crippen molar-refractivity contribution in [3.8, 4) is 0 Å². The summed E-state index contributed by atoms with van der Waals surface area (Å²) >= 11 is 0. The van der Waals surface area contributed by atoms with Crippen LogP contribution in [0.3, 0.4) is 0 Å². The number of anilines is 1. The van der Waals surface area contributed by atoms with E-state index in [1.807, 2.05) is 0 Å². The van der Waals surface area contributed by atoms with Crippen LogP contribution in [0, 0.1) is 5.82 Å². The van der Waals surface area contributed by atoms with E-state index in [-0.39, 0.29) is 22.7 Å². The third kappa shape index (κ3) is 4.37. The normalized spacial score (nSPS) is 18.9. The Hall–Kier alpha value is -3.06. The lowest BCUT2D eigenvalue weighted by molar-refractivity contribution is 0.0923. The second kappa shape index (κ2) is 8.98. The molecule has 6 nitrogen and oxygen atoms in total. The average Bonchev–Trinajstić information content (AvgIpc) is 3.02. The zero-order chi connectivity index (χ0) is 22.0. The van der Waals surface area contributed by atoms with Gasteiger partial charge in [-0.15, -0.1) is 0 Å². The Bertz CT molecular complexity index is 1020. The van der Waals surface area contributed by atoms with Crippen molar-refractivity contribution in [2.45, 2.75) is 38.6 Å². The number of likely N-dealkylation sites (tertiary alicyclic amines) is 1. The van der Waals surface area contributed by atoms with E-state index in [4.69, 9.17) is 0 Å². The van der Waals surface area contributed by atoms with Crippen molar-refractivity contribution in [2.75, 3.05) is 24.5 Å². The van der Waals surface area contributed by atoms with Gasteiger partial charge in [-0.05, 0) is 69.1 Å². The van der Waals surface area contributed by atoms with Gasteiger partial charge in [0.1, 0.15) is 5.82 Å². The van der Waals surface area contributed by atoms with Crippen molar-refractivity contribution < 1.29 is 18.8 Å². The summed E-state index contributed by atoms with van der Waals surface area (Å²) in [5, 5.41) is 2.90. The molecule has 1 saturated heterocycles. The molecule has 1 N–H and O–H groups in total. The predicted molar refractivity (Wildman–Crippen MR) is 116 cm³/mol. The number of hydrogen-bond acceptors (Lipinski definition) is 4. The van der Waals surface area contributed by atoms with Crippen molar-refractivity contribution in [1.29, 1.82) is 0 Å². The molecule has 162 valence electrons. The van der Waals surface area contributed by atoms with Crippen LogP contribution in [0.2, 0.25) is 0 Å². The number of carbonyl (C=O) groups excluding carboxylic acids is 3. The molecule has 0 saturated carbocycles. The smallest absolute Gasteiger partial charge is 0.266 e. The predicted octanol–water partition coefficient (Wildman–Crippen LogP) is 3.62. The fourth-order valence-corrected chi connectivity index (χ4v) is 4.31. The van der Waals surface area contributed by atoms with Gasteiger partial charge in [0, 0.05) is 24.7 Å². The number of nitrogens with one attached hydrogen (secondary N) is 1. The highest BCUT2D eigenvalue weighted by atomic mass is 19.1. The maximum atomic E-state index is 13.6. The summed E-state index contributed by atoms with van der Waals surface area (Å²) in [7, 11) is 0. The molecule has 4 rings (SSSR count). The third-order valence-corrected chi connectivity index (χ3v) is 6.06. The molecule has 0 aromatic heterocycles. The van der Waals surface area contributed by atoms with Crippen molar-refractivity contribution in [1.82, 2.24) is 10.2 Å². The lowest BCUT2D eigenvalue weighted by Crippen LogP contribution is -2.39. The van der Waals surface area contributed by atoms with Gasteiger partial charge in [0.25, 0.3) is 17.7 Å². The van der Waals surface area contributed by atoms with Crippen LogP contribution in [0.15, 0.2) is 42.5 Å². The molecular formula is C24H26FN3O3. The van der Waals surface area contributed by atoms with Gasteiger partial charge < -0.3 is 10.2 Å². The molecule has 0 bridgehead atoms. The molecule has 2 heterocycles. The number of halogens is 1. The minimum Gasteiger partial charge on any atom is -0.352 e. The first kappa shape index (κ1) is 21.2. The maximum absolute atomic E-state index is 13.6. The van der Waals surface area contributed by atoms with E-state index in [0.29, 0.717) is 18.2 Å². The number of carbonyl (C=O) groups is 3. The molecule has 2 aliphatic rings. The Balaban J connectivity index is 1.39. The fourth-order valence-electron chi connectivity index (χ4n) is 4.31. The number of hydrogen-bond donors (Lipinski definition) is 1. The van der Waals surface area contributed by atoms with Crippen LogP contribution in [0.1, 0.15) is 63.7 Å². The quantitative estimate of drug-likeness (QED) is 0.569. The zero-order valence-electron chi connectivity index (χ0n) is 17.6. The highest BCUT2D eigenvalue weighted by molar-refractivity contribution is 6.34. The second-order valence-electron chi connectivity index (χ2n) is 8.18. The molecule has 1 unspecified atom stereocenters. The van der Waals surface area contributed by atoms with E-state index in [2.05, 4.69) is 17.1 Å². The molecule has 2 aliphatic heterocycles. The van der Waals surface area contributed by atoms with Crippen LogP contribution in [0.5, 0.6) is 0 Å². The van der Waals surface area contributed by atoms with Gasteiger partial charge in [0.2, 0.25) is 0 Å². The Morgan fingerprint density at radius 2 is 1.90 bits per heavy atom. The SMILES string of the molecule is CC1CCCCN1CCCNC(=O)c1ccc2c(c1)C(=O)N(c1cccc(F)c1)C2=O. The molecule has 3 amide bonds. The molecule has 0 spiro atoms. The van der Waals surface area contributed by atoms with Crippen LogP contribution in [-0.4, -0.2) is 48.3 Å². The molecule has 7 heteroatoms. The van der Waals surface area contributed by atoms with Crippen LogP contribution in [-0.2, 0) is 0 Å². The Morgan fingerprint density at radius 3 is 2.68 bits per heavy atom. The standard InChI is InChI=1S/C24H26FN3O3/c1-16-6-2-3-12-27(16)13-5-11-26-22(29)17-9-10-20-21(14-17)24(31)28(23(20)30)19-8-4-7-18(25)15-19/h4,7-10,14-16H,2-3,5-6,11-13H2,1H3,(H,26,29). The number of imide groups is 1. The molecule has 2 aromatic rings. The van der Waals surface area contributed by atoms with Crippen LogP contribution >= 0.6 is 0 Å². The summed E-state index contributed by atoms with van der Waals surface area (Å²) < 4.78 is 13.6. The topological polar surface area (TPSA) is 69.7 Å². The monoisotopic (exact) mass is 423 g/mol. The fraction of sp³-hybridized carbons (Fsp3) is 0.375. The van der Waals surface area contributed by atoms with Crippen molar-refractivity contribution in [3.63, 3.8) is 0 Å². The zero-order valence-corrected chi connectivity index (χ0v) is 17.6. The van der Waals surface area contributed by atoms with Gasteiger partial charge >= 0.3 is 0 Å². The molecule has 1 fully saturated rings. The van der Waals surface area contributed by atoms with Crippen molar-refractivity contribution >= 4 is 23.4 Å². The van der Waals surface area contributed by atoms with E-state index in [0.717, 1.165) is 30.5 Å². The van der Waals surface area contributed by atoms with E-state index < -0.39 is 17.6 Å². The largest absolute Gasteiger partial charge is 0.352 e. The molecular weight excluding hydrogens is 397 g/mol. The van der Waals surface area contributed by atoms with E-state index >= 15 is 0 Å². The van der Waals surface area contributed by atoms with Gasteiger partial charge in [0.05, 0.1) is 16.8 Å². The molecule has 31 heavy (non-hydrogen) atoms. The summed E-state index contributed by atoms with van der Waals surface area (Å²) in [5.41, 5.74) is 0.866. The Morgan fingerprint density at radius 1 is 1.10 bits per heavy atom. The van der Waals surface area contributed by atoms with E-state index in [1.54, 1.807) is 6.07 Å². The number of nitrogens with zero attached hydrogens (tertiary/aromatic N) is 2. The average molecular weight is 423 g/mol. The molecule has 0 radical (unpaired) electrons. The van der Waals surface area contributed by atoms with Crippen LogP contribution < -0.4 is 10.2 Å². The number of piperidine rings is 1. The lowest BCUT2D eigenvalue weighted by atomic mass is 10.0. The van der Waals surface area contributed by atoms with E-state index in [1.165, 1.54) is 49.6 Å². The third-order valence-electron chi connectivity index (χ3n) is 6.06. The van der Waals surface area contributed by atoms with Gasteiger partial charge in [0.15, 0.2) is 0 Å². The lowest BCUT2D eigenvalue weighted by Gasteiger charge is -2.33. The number of fused-ring (bicyclic) bond motifs is 1. The first-order chi connectivity index (χ1) is 15.0. The minimum absolute atomic E-state index is 0.157. The summed E-state index contributed by atoms with van der Waals surface area (Å²) in [6.07, 6.45) is 4.59. The van der Waals surface area contributed by atoms with Gasteiger partial charge in [-0.3, -0.25) is 14.4 Å². The van der Waals surface area contributed by atoms with Gasteiger partial charge in [-0.1, -0.05) is 12.5 Å². The van der Waals surface area contributed by atoms with Crippen molar-refractivity contribution in [2.24, 2.45) is 0 Å². The molecule has 2 aromatic carbocycles. The first-order valence-corrected chi connectivity index (χ1v) is 10.8. The highest BCUT2D eigenvalue weighted by Crippen LogP contribution is 2.29. The first-order valence-electron chi connectivity index (χ1n) is 10.8. The number of benzene rings is 2.